The molecule has 7 heavy (non-hydrogen) atoms. The van der Waals surface area contributed by atoms with Gasteiger partial charge in [-0.1, -0.05) is 0 Å². The smallest absolute Gasteiger partial charge is 0.306 e. The Kier molecular flexibility index (Phi) is 3.17. The molecule has 1 rings (SSSR count). The second-order valence-electron chi connectivity index (χ2n) is 1.48. The van der Waals surface area contributed by atoms with Crippen molar-refractivity contribution in [2.24, 2.45) is 0 Å². The Morgan fingerprint density at radius 1 is 1.57 bits per heavy atom. The molecule has 0 amide bonds. The van der Waals surface area contributed by atoms with E-state index in [0.29, 0.717) is 0 Å². The maximum Gasteiger partial charge on any atom is 1.00 e. The first-order chi connectivity index (χ1) is 2.80. The van der Waals surface area contributed by atoms with Crippen molar-refractivity contribution in [2.75, 3.05) is 0 Å². The third-order valence-corrected chi connectivity index (χ3v) is 1.85. The molecule has 1 unspecified atom stereocenters. The molecule has 1 atom stereocenters. The average Bonchev–Trinajstić information content (AvgIpc) is 2.06. The Morgan fingerprint density at radius 3 is 2.00 bits per heavy atom. The van der Waals surface area contributed by atoms with Crippen LogP contribution >= 0.6 is 0 Å². The second kappa shape index (κ2) is 2.88. The zero-order chi connectivity index (χ0) is 4.57. The van der Waals surface area contributed by atoms with Crippen LogP contribution in [0.4, 0.5) is 0 Å². The van der Waals surface area contributed by atoms with Crippen molar-refractivity contribution >= 4 is 11.1 Å². The fourth-order valence-electron chi connectivity index (χ4n) is 0.270. The predicted molar refractivity (Wildman–Crippen MR) is 23.8 cm³/mol. The normalized spacial score (nSPS) is 23.0. The second-order valence-corrected chi connectivity index (χ2v) is 2.69. The summed E-state index contributed by atoms with van der Waals surface area (Å²) >= 11 is -1.51. The van der Waals surface area contributed by atoms with E-state index in [0.717, 1.165) is 12.8 Å². The predicted octanol–water partition coefficient (Wildman–Crippen LogP) is -2.63. The van der Waals surface area contributed by atoms with E-state index in [2.05, 4.69) is 0 Å². The first-order valence-electron chi connectivity index (χ1n) is 1.90. The van der Waals surface area contributed by atoms with Crippen molar-refractivity contribution < 1.29 is 27.6 Å². The number of rotatable bonds is 1. The zero-order valence-electron chi connectivity index (χ0n) is 4.26. The van der Waals surface area contributed by atoms with Crippen LogP contribution in [-0.4, -0.2) is 14.0 Å². The quantitative estimate of drug-likeness (QED) is 0.298. The Balaban J connectivity index is 0.000000360. The summed E-state index contributed by atoms with van der Waals surface area (Å²) in [5.74, 6) is 0. The third-order valence-electron chi connectivity index (χ3n) is 0.810. The van der Waals surface area contributed by atoms with Crippen molar-refractivity contribution in [2.45, 2.75) is 18.1 Å². The molecular formula is C3H6LiO2S+. The van der Waals surface area contributed by atoms with Gasteiger partial charge < -0.3 is 4.55 Å². The first kappa shape index (κ1) is 7.71. The largest absolute Gasteiger partial charge is 1.00 e. The monoisotopic (exact) mass is 113 g/mol. The molecule has 0 aliphatic heterocycles. The Labute approximate surface area is 57.1 Å². The van der Waals surface area contributed by atoms with Crippen molar-refractivity contribution in [3.63, 3.8) is 0 Å². The van der Waals surface area contributed by atoms with E-state index in [4.69, 9.17) is 4.55 Å². The molecule has 0 aromatic carbocycles. The van der Waals surface area contributed by atoms with Crippen molar-refractivity contribution in [3.8, 4) is 0 Å². The summed E-state index contributed by atoms with van der Waals surface area (Å²) in [7, 11) is 0. The fourth-order valence-corrected chi connectivity index (χ4v) is 0.809. The van der Waals surface area contributed by atoms with Gasteiger partial charge in [-0.2, -0.15) is 0 Å². The van der Waals surface area contributed by atoms with Gasteiger partial charge in [0.15, 0.2) is 11.1 Å². The molecule has 4 heteroatoms. The van der Waals surface area contributed by atoms with Gasteiger partial charge in [0.2, 0.25) is 0 Å². The maximum atomic E-state index is 9.87. The van der Waals surface area contributed by atoms with Gasteiger partial charge in [-0.25, -0.2) is 4.21 Å². The van der Waals surface area contributed by atoms with Crippen LogP contribution in [0.15, 0.2) is 0 Å². The Hall–Kier alpha value is 0.707. The first-order valence-corrected chi connectivity index (χ1v) is 3.07. The van der Waals surface area contributed by atoms with Crippen LogP contribution in [0.25, 0.3) is 0 Å². The van der Waals surface area contributed by atoms with E-state index < -0.39 is 11.1 Å². The van der Waals surface area contributed by atoms with Gasteiger partial charge in [-0.05, 0) is 12.8 Å². The molecule has 0 aromatic rings. The molecule has 0 bridgehead atoms. The topological polar surface area (TPSA) is 37.3 Å². The summed E-state index contributed by atoms with van der Waals surface area (Å²) in [4.78, 5) is 0. The summed E-state index contributed by atoms with van der Waals surface area (Å²) in [5, 5.41) is 0.130. The van der Waals surface area contributed by atoms with Crippen LogP contribution in [0, 0.1) is 0 Å². The van der Waals surface area contributed by atoms with Crippen LogP contribution in [0.2, 0.25) is 0 Å². The average molecular weight is 113 g/mol. The summed E-state index contributed by atoms with van der Waals surface area (Å²) < 4.78 is 18.0. The molecule has 1 aliphatic rings. The van der Waals surface area contributed by atoms with Gasteiger partial charge in [-0.3, -0.25) is 0 Å². The minimum Gasteiger partial charge on any atom is -0.306 e. The van der Waals surface area contributed by atoms with Crippen molar-refractivity contribution in [1.82, 2.24) is 0 Å². The summed E-state index contributed by atoms with van der Waals surface area (Å²) in [5.41, 5.74) is 0. The van der Waals surface area contributed by atoms with Gasteiger partial charge >= 0.3 is 18.9 Å². The minimum absolute atomic E-state index is 0. The van der Waals surface area contributed by atoms with Crippen LogP contribution in [0.3, 0.4) is 0 Å². The molecule has 1 saturated carbocycles. The van der Waals surface area contributed by atoms with E-state index in [1.165, 1.54) is 0 Å². The molecule has 36 valence electrons. The van der Waals surface area contributed by atoms with Gasteiger partial charge in [-0.15, -0.1) is 0 Å². The molecule has 1 N–H and O–H groups in total. The molecule has 0 saturated heterocycles. The molecular weight excluding hydrogens is 107 g/mol. The van der Waals surface area contributed by atoms with Gasteiger partial charge in [0.25, 0.3) is 0 Å². The maximum absolute atomic E-state index is 9.87. The Bertz CT molecular complexity index is 81.0. The van der Waals surface area contributed by atoms with Gasteiger partial charge in [0.05, 0.1) is 5.25 Å². The zero-order valence-corrected chi connectivity index (χ0v) is 5.07. The van der Waals surface area contributed by atoms with Crippen LogP contribution in [0.1, 0.15) is 12.8 Å². The molecule has 0 spiro atoms. The number of hydrogen-bond donors (Lipinski definition) is 1. The van der Waals surface area contributed by atoms with Crippen molar-refractivity contribution in [1.29, 1.82) is 0 Å². The van der Waals surface area contributed by atoms with E-state index in [1.54, 1.807) is 0 Å². The molecule has 0 heterocycles. The molecule has 2 nitrogen and oxygen atoms in total. The third kappa shape index (κ3) is 2.50. The summed E-state index contributed by atoms with van der Waals surface area (Å²) in [6.45, 7) is 0. The van der Waals surface area contributed by atoms with Gasteiger partial charge in [0.1, 0.15) is 0 Å². The summed E-state index contributed by atoms with van der Waals surface area (Å²) in [6.07, 6.45) is 1.90. The Morgan fingerprint density at radius 2 is 2.00 bits per heavy atom. The van der Waals surface area contributed by atoms with Crippen LogP contribution in [-0.2, 0) is 11.1 Å². The SMILES string of the molecule is O=S(O)C1CC1.[Li+]. The van der Waals surface area contributed by atoms with Crippen LogP contribution < -0.4 is 18.9 Å². The van der Waals surface area contributed by atoms with Crippen molar-refractivity contribution in [3.05, 3.63) is 0 Å². The summed E-state index contributed by atoms with van der Waals surface area (Å²) in [6, 6.07) is 0. The molecule has 0 radical (unpaired) electrons. The van der Waals surface area contributed by atoms with Crippen LogP contribution in [0.5, 0.6) is 0 Å². The molecule has 1 fully saturated rings. The van der Waals surface area contributed by atoms with E-state index in [-0.39, 0.29) is 24.1 Å². The standard InChI is InChI=1S/C3H6O2S.Li/c4-6(5)3-1-2-3;/h3H,1-2H2,(H,4,5);/q;+1. The molecule has 0 aromatic heterocycles. The number of hydrogen-bond acceptors (Lipinski definition) is 1. The molecule has 1 aliphatic carbocycles. The van der Waals surface area contributed by atoms with E-state index in [9.17, 15) is 4.21 Å². The van der Waals surface area contributed by atoms with E-state index >= 15 is 0 Å². The minimum atomic E-state index is -1.51. The van der Waals surface area contributed by atoms with E-state index in [1.807, 2.05) is 0 Å². The fraction of sp³-hybridized carbons (Fsp3) is 1.00. The van der Waals surface area contributed by atoms with Gasteiger partial charge in [0, 0.05) is 0 Å².